The monoisotopic (exact) mass is 324 g/mol. The fourth-order valence-electron chi connectivity index (χ4n) is 2.71. The van der Waals surface area contributed by atoms with Crippen molar-refractivity contribution in [2.24, 2.45) is 0 Å². The molecule has 1 N–H and O–H groups in total. The predicted molar refractivity (Wildman–Crippen MR) is 87.3 cm³/mol. The van der Waals surface area contributed by atoms with Crippen molar-refractivity contribution in [1.82, 2.24) is 10.2 Å². The molecule has 3 atom stereocenters. The number of hydrogen-bond acceptors (Lipinski definition) is 4. The number of carbonyl (C=O) groups excluding carboxylic acids is 1. The van der Waals surface area contributed by atoms with Crippen molar-refractivity contribution in [3.05, 3.63) is 35.9 Å². The fraction of sp³-hybridized carbons (Fsp3) is 0.562. The van der Waals surface area contributed by atoms with E-state index in [4.69, 9.17) is 0 Å². The van der Waals surface area contributed by atoms with Crippen LogP contribution >= 0.6 is 0 Å². The molecular weight excluding hydrogens is 300 g/mol. The van der Waals surface area contributed by atoms with E-state index in [0.717, 1.165) is 25.8 Å². The van der Waals surface area contributed by atoms with Gasteiger partial charge < -0.3 is 5.32 Å². The molecule has 1 saturated heterocycles. The Hall–Kier alpha value is -1.40. The zero-order valence-corrected chi connectivity index (χ0v) is 14.1. The first kappa shape index (κ1) is 17.0. The summed E-state index contributed by atoms with van der Waals surface area (Å²) in [6.45, 7) is 5.23. The number of sulfone groups is 1. The summed E-state index contributed by atoms with van der Waals surface area (Å²) in [4.78, 5) is 14.3. The Balaban J connectivity index is 1.92. The molecule has 1 heterocycles. The van der Waals surface area contributed by atoms with Gasteiger partial charge in [-0.05, 0) is 25.8 Å². The van der Waals surface area contributed by atoms with Gasteiger partial charge in [-0.15, -0.1) is 0 Å². The second-order valence-corrected chi connectivity index (χ2v) is 8.41. The second kappa shape index (κ2) is 6.79. The van der Waals surface area contributed by atoms with Crippen LogP contribution in [0.3, 0.4) is 0 Å². The summed E-state index contributed by atoms with van der Waals surface area (Å²) in [7, 11) is -3.34. The molecular formula is C16H24N2O3S. The molecule has 0 bridgehead atoms. The zero-order chi connectivity index (χ0) is 16.3. The molecule has 0 radical (unpaired) electrons. The molecule has 1 aliphatic rings. The van der Waals surface area contributed by atoms with E-state index in [2.05, 4.69) is 29.3 Å². The molecule has 0 aromatic heterocycles. The first-order valence-corrected chi connectivity index (χ1v) is 9.52. The molecule has 22 heavy (non-hydrogen) atoms. The van der Waals surface area contributed by atoms with Crippen molar-refractivity contribution in [3.63, 3.8) is 0 Å². The van der Waals surface area contributed by atoms with Crippen LogP contribution < -0.4 is 5.32 Å². The van der Waals surface area contributed by atoms with Crippen molar-refractivity contribution in [2.75, 3.05) is 19.3 Å². The highest BCUT2D eigenvalue weighted by Gasteiger charge is 2.31. The average Bonchev–Trinajstić information content (AvgIpc) is 2.94. The van der Waals surface area contributed by atoms with E-state index >= 15 is 0 Å². The van der Waals surface area contributed by atoms with E-state index in [9.17, 15) is 13.2 Å². The molecule has 0 saturated carbocycles. The summed E-state index contributed by atoms with van der Waals surface area (Å²) < 4.78 is 22.9. The van der Waals surface area contributed by atoms with E-state index in [1.165, 1.54) is 12.5 Å². The van der Waals surface area contributed by atoms with Crippen LogP contribution in [0.15, 0.2) is 30.3 Å². The standard InChI is InChI=1S/C16H24N2O3S/c1-12(14-7-5-4-6-8-14)18-10-9-15(11-18)17-16(19)13(2)22(3,20)21/h4-8,12-13,15H,9-11H2,1-3H3,(H,17,19)/t12-,13+,15+/m1/s1. The Morgan fingerprint density at radius 2 is 1.91 bits per heavy atom. The summed E-state index contributed by atoms with van der Waals surface area (Å²) in [5.41, 5.74) is 1.25. The Bertz CT molecular complexity index is 616. The van der Waals surface area contributed by atoms with Crippen molar-refractivity contribution in [3.8, 4) is 0 Å². The van der Waals surface area contributed by atoms with Gasteiger partial charge in [0.15, 0.2) is 9.84 Å². The number of nitrogens with zero attached hydrogens (tertiary/aromatic N) is 1. The molecule has 0 aliphatic carbocycles. The fourth-order valence-corrected chi connectivity index (χ4v) is 3.17. The summed E-state index contributed by atoms with van der Waals surface area (Å²) in [6, 6.07) is 10.5. The van der Waals surface area contributed by atoms with Crippen LogP contribution in [0.25, 0.3) is 0 Å². The van der Waals surface area contributed by atoms with Gasteiger partial charge in [0.2, 0.25) is 5.91 Å². The van der Waals surface area contributed by atoms with Crippen LogP contribution in [-0.2, 0) is 14.6 Å². The maximum atomic E-state index is 12.0. The number of amides is 1. The quantitative estimate of drug-likeness (QED) is 0.888. The van der Waals surface area contributed by atoms with Crippen molar-refractivity contribution >= 4 is 15.7 Å². The number of rotatable bonds is 5. The molecule has 5 nitrogen and oxygen atoms in total. The normalized spacial score (nSPS) is 22.2. The SMILES string of the molecule is C[C@H](c1ccccc1)N1CC[C@H](NC(=O)[C@H](C)S(C)(=O)=O)C1. The first-order chi connectivity index (χ1) is 10.3. The minimum Gasteiger partial charge on any atom is -0.351 e. The van der Waals surface area contributed by atoms with E-state index in [-0.39, 0.29) is 12.1 Å². The van der Waals surface area contributed by atoms with Crippen molar-refractivity contribution < 1.29 is 13.2 Å². The van der Waals surface area contributed by atoms with Gasteiger partial charge in [-0.2, -0.15) is 0 Å². The third-order valence-electron chi connectivity index (χ3n) is 4.41. The van der Waals surface area contributed by atoms with Crippen molar-refractivity contribution in [1.29, 1.82) is 0 Å². The van der Waals surface area contributed by atoms with E-state index in [1.54, 1.807) is 0 Å². The third-order valence-corrected chi connectivity index (χ3v) is 5.91. The Kier molecular flexibility index (Phi) is 5.24. The number of benzene rings is 1. The second-order valence-electron chi connectivity index (χ2n) is 6.05. The van der Waals surface area contributed by atoms with Gasteiger partial charge in [0.05, 0.1) is 0 Å². The minimum atomic E-state index is -3.34. The van der Waals surface area contributed by atoms with E-state index in [0.29, 0.717) is 0 Å². The van der Waals surface area contributed by atoms with Crippen LogP contribution in [0.4, 0.5) is 0 Å². The number of nitrogens with one attached hydrogen (secondary N) is 1. The molecule has 1 aromatic carbocycles. The van der Waals surface area contributed by atoms with Crippen LogP contribution in [0, 0.1) is 0 Å². The van der Waals surface area contributed by atoms with E-state index in [1.807, 2.05) is 18.2 Å². The van der Waals surface area contributed by atoms with Gasteiger partial charge in [0.1, 0.15) is 5.25 Å². The number of hydrogen-bond donors (Lipinski definition) is 1. The highest BCUT2D eigenvalue weighted by Crippen LogP contribution is 2.24. The molecule has 1 aliphatic heterocycles. The largest absolute Gasteiger partial charge is 0.351 e. The van der Waals surface area contributed by atoms with Gasteiger partial charge in [0.25, 0.3) is 0 Å². The van der Waals surface area contributed by atoms with E-state index < -0.39 is 21.0 Å². The van der Waals surface area contributed by atoms with Gasteiger partial charge in [-0.1, -0.05) is 30.3 Å². The predicted octanol–water partition coefficient (Wildman–Crippen LogP) is 1.37. The van der Waals surface area contributed by atoms with Crippen LogP contribution in [0.1, 0.15) is 31.9 Å². The lowest BCUT2D eigenvalue weighted by atomic mass is 10.1. The van der Waals surface area contributed by atoms with Crippen LogP contribution in [0.5, 0.6) is 0 Å². The maximum absolute atomic E-state index is 12.0. The molecule has 6 heteroatoms. The highest BCUT2D eigenvalue weighted by atomic mass is 32.2. The van der Waals surface area contributed by atoms with Crippen LogP contribution in [0.2, 0.25) is 0 Å². The van der Waals surface area contributed by atoms with Gasteiger partial charge in [-0.25, -0.2) is 8.42 Å². The lowest BCUT2D eigenvalue weighted by Crippen LogP contribution is -2.44. The molecule has 0 spiro atoms. The first-order valence-electron chi connectivity index (χ1n) is 7.57. The molecule has 2 rings (SSSR count). The zero-order valence-electron chi connectivity index (χ0n) is 13.3. The highest BCUT2D eigenvalue weighted by molar-refractivity contribution is 7.92. The molecule has 0 unspecified atom stereocenters. The molecule has 1 aromatic rings. The van der Waals surface area contributed by atoms with Gasteiger partial charge in [-0.3, -0.25) is 9.69 Å². The summed E-state index contributed by atoms with van der Waals surface area (Å²) in [5.74, 6) is -0.401. The number of carbonyl (C=O) groups is 1. The van der Waals surface area contributed by atoms with Crippen molar-refractivity contribution in [2.45, 2.75) is 37.6 Å². The molecule has 122 valence electrons. The molecule has 1 amide bonds. The molecule has 1 fully saturated rings. The lowest BCUT2D eigenvalue weighted by molar-refractivity contribution is -0.121. The smallest absolute Gasteiger partial charge is 0.238 e. The Morgan fingerprint density at radius 3 is 2.50 bits per heavy atom. The minimum absolute atomic E-state index is 0.0165. The summed E-state index contributed by atoms with van der Waals surface area (Å²) in [5, 5.41) is 1.87. The van der Waals surface area contributed by atoms with Gasteiger partial charge in [0, 0.05) is 31.4 Å². The summed E-state index contributed by atoms with van der Waals surface area (Å²) >= 11 is 0. The third kappa shape index (κ3) is 4.08. The Morgan fingerprint density at radius 1 is 1.27 bits per heavy atom. The Labute approximate surface area is 132 Å². The van der Waals surface area contributed by atoms with Gasteiger partial charge >= 0.3 is 0 Å². The maximum Gasteiger partial charge on any atom is 0.238 e. The average molecular weight is 324 g/mol. The number of likely N-dealkylation sites (tertiary alicyclic amines) is 1. The summed E-state index contributed by atoms with van der Waals surface area (Å²) in [6.07, 6.45) is 1.94. The van der Waals surface area contributed by atoms with Crippen LogP contribution in [-0.4, -0.2) is 49.9 Å². The topological polar surface area (TPSA) is 66.5 Å². The lowest BCUT2D eigenvalue weighted by Gasteiger charge is -2.25.